The smallest absolute Gasteiger partial charge is 0.277 e. The highest BCUT2D eigenvalue weighted by molar-refractivity contribution is 6.09. The fraction of sp³-hybridized carbons (Fsp3) is 0.333. The van der Waals surface area contributed by atoms with E-state index >= 15 is 0 Å². The van der Waals surface area contributed by atoms with Crippen LogP contribution < -0.4 is 20.3 Å². The number of carbonyl (C=O) groups excluding carboxylic acids is 3. The number of nitrogens with two attached hydrogens (primary N) is 1. The highest BCUT2D eigenvalue weighted by atomic mass is 19.1. The molecular formula is C27H28FN5O4. The molecule has 2 aromatic carbocycles. The Morgan fingerprint density at radius 2 is 1.84 bits per heavy atom. The van der Waals surface area contributed by atoms with Crippen LogP contribution in [0.2, 0.25) is 0 Å². The first-order chi connectivity index (χ1) is 17.8. The molecule has 0 aliphatic carbocycles. The summed E-state index contributed by atoms with van der Waals surface area (Å²) in [6, 6.07) is 9.81. The number of hydrogen-bond acceptors (Lipinski definition) is 5. The standard InChI is InChI=1S/C27H28FN5O4/c1-3-37-22-10-8-18(15-20(22)28)33-25-19(24(30-33)26(29)35)11-13-31(27(25)36)17-7-9-21(16(2)14-17)32-12-5-4-6-23(32)34/h7-10,14-15H,3-6,11-13H2,1-2H3,(H2,29,35). The van der Waals surface area contributed by atoms with Crippen molar-refractivity contribution in [1.29, 1.82) is 0 Å². The maximum atomic E-state index is 14.6. The largest absolute Gasteiger partial charge is 0.491 e. The average molecular weight is 506 g/mol. The van der Waals surface area contributed by atoms with Gasteiger partial charge in [0.15, 0.2) is 17.3 Å². The fourth-order valence-electron chi connectivity index (χ4n) is 5.06. The van der Waals surface area contributed by atoms with Crippen molar-refractivity contribution in [1.82, 2.24) is 9.78 Å². The lowest BCUT2D eigenvalue weighted by Gasteiger charge is -2.31. The van der Waals surface area contributed by atoms with Crippen LogP contribution in [0.3, 0.4) is 0 Å². The molecule has 3 aromatic rings. The summed E-state index contributed by atoms with van der Waals surface area (Å²) in [4.78, 5) is 41.7. The topological polar surface area (TPSA) is 111 Å². The number of aryl methyl sites for hydroxylation is 1. The number of aromatic nitrogens is 2. The third kappa shape index (κ3) is 4.32. The van der Waals surface area contributed by atoms with Gasteiger partial charge in [-0.2, -0.15) is 5.10 Å². The number of benzene rings is 2. The number of amides is 3. The van der Waals surface area contributed by atoms with Crippen molar-refractivity contribution in [2.45, 2.75) is 39.5 Å². The van der Waals surface area contributed by atoms with Gasteiger partial charge in [0.1, 0.15) is 5.69 Å². The lowest BCUT2D eigenvalue weighted by Crippen LogP contribution is -2.39. The summed E-state index contributed by atoms with van der Waals surface area (Å²) in [5.74, 6) is -1.56. The van der Waals surface area contributed by atoms with E-state index in [0.29, 0.717) is 43.8 Å². The lowest BCUT2D eigenvalue weighted by molar-refractivity contribution is -0.119. The van der Waals surface area contributed by atoms with Gasteiger partial charge in [-0.05, 0) is 69.0 Å². The molecule has 9 nitrogen and oxygen atoms in total. The highest BCUT2D eigenvalue weighted by Crippen LogP contribution is 2.33. The predicted molar refractivity (Wildman–Crippen MR) is 136 cm³/mol. The molecule has 192 valence electrons. The summed E-state index contributed by atoms with van der Waals surface area (Å²) in [7, 11) is 0. The Kier molecular flexibility index (Phi) is 6.41. The summed E-state index contributed by atoms with van der Waals surface area (Å²) in [5, 5.41) is 4.30. The van der Waals surface area contributed by atoms with Gasteiger partial charge in [-0.1, -0.05) is 0 Å². The second-order valence-electron chi connectivity index (χ2n) is 9.18. The third-order valence-corrected chi connectivity index (χ3v) is 6.82. The first-order valence-electron chi connectivity index (χ1n) is 12.4. The summed E-state index contributed by atoms with van der Waals surface area (Å²) in [6.07, 6.45) is 2.74. The van der Waals surface area contributed by atoms with E-state index in [0.717, 1.165) is 24.1 Å². The van der Waals surface area contributed by atoms with E-state index in [-0.39, 0.29) is 34.6 Å². The Labute approximate surface area is 213 Å². The number of halogens is 1. The lowest BCUT2D eigenvalue weighted by atomic mass is 10.0. The van der Waals surface area contributed by atoms with Crippen LogP contribution in [0.1, 0.15) is 58.3 Å². The number of primary amides is 1. The van der Waals surface area contributed by atoms with Crippen LogP contribution in [0.25, 0.3) is 5.69 Å². The number of hydrogen-bond donors (Lipinski definition) is 1. The van der Waals surface area contributed by atoms with Crippen LogP contribution in [-0.2, 0) is 11.2 Å². The van der Waals surface area contributed by atoms with Crippen molar-refractivity contribution in [2.24, 2.45) is 5.73 Å². The number of ether oxygens (including phenoxy) is 1. The minimum Gasteiger partial charge on any atom is -0.491 e. The molecule has 0 spiro atoms. The Morgan fingerprint density at radius 3 is 2.51 bits per heavy atom. The third-order valence-electron chi connectivity index (χ3n) is 6.82. The molecule has 37 heavy (non-hydrogen) atoms. The summed E-state index contributed by atoms with van der Waals surface area (Å²) in [6.45, 7) is 4.97. The van der Waals surface area contributed by atoms with Gasteiger partial charge in [0.25, 0.3) is 11.8 Å². The summed E-state index contributed by atoms with van der Waals surface area (Å²) in [5.41, 5.74) is 8.81. The van der Waals surface area contributed by atoms with Gasteiger partial charge < -0.3 is 20.3 Å². The number of anilines is 2. The van der Waals surface area contributed by atoms with Crippen molar-refractivity contribution in [3.8, 4) is 11.4 Å². The highest BCUT2D eigenvalue weighted by Gasteiger charge is 2.35. The minimum absolute atomic E-state index is 0.00701. The molecule has 1 saturated heterocycles. The van der Waals surface area contributed by atoms with Crippen LogP contribution in [0, 0.1) is 12.7 Å². The number of carbonyl (C=O) groups is 3. The van der Waals surface area contributed by atoms with Crippen LogP contribution in [0.15, 0.2) is 36.4 Å². The minimum atomic E-state index is -0.756. The van der Waals surface area contributed by atoms with Crippen LogP contribution in [0.5, 0.6) is 5.75 Å². The number of nitrogens with zero attached hydrogens (tertiary/aromatic N) is 4. The maximum absolute atomic E-state index is 14.6. The number of fused-ring (bicyclic) bond motifs is 1. The second kappa shape index (κ2) is 9.68. The zero-order valence-electron chi connectivity index (χ0n) is 20.8. The molecular weight excluding hydrogens is 477 g/mol. The van der Waals surface area contributed by atoms with Crippen molar-refractivity contribution < 1.29 is 23.5 Å². The molecule has 0 unspecified atom stereocenters. The first-order valence-corrected chi connectivity index (χ1v) is 12.4. The van der Waals surface area contributed by atoms with E-state index in [1.807, 2.05) is 25.1 Å². The zero-order valence-corrected chi connectivity index (χ0v) is 20.8. The molecule has 0 bridgehead atoms. The van der Waals surface area contributed by atoms with E-state index in [9.17, 15) is 18.8 Å². The molecule has 10 heteroatoms. The van der Waals surface area contributed by atoms with E-state index in [1.165, 1.54) is 16.8 Å². The van der Waals surface area contributed by atoms with Crippen LogP contribution >= 0.6 is 0 Å². The average Bonchev–Trinajstić information content (AvgIpc) is 3.27. The van der Waals surface area contributed by atoms with Gasteiger partial charge in [0.05, 0.1) is 12.3 Å². The number of piperidine rings is 1. The Bertz CT molecular complexity index is 1420. The van der Waals surface area contributed by atoms with E-state index in [4.69, 9.17) is 10.5 Å². The summed E-state index contributed by atoms with van der Waals surface area (Å²) >= 11 is 0. The van der Waals surface area contributed by atoms with Gasteiger partial charge in [0, 0.05) is 42.5 Å². The van der Waals surface area contributed by atoms with E-state index in [2.05, 4.69) is 5.10 Å². The van der Waals surface area contributed by atoms with Gasteiger partial charge >= 0.3 is 0 Å². The monoisotopic (exact) mass is 505 g/mol. The van der Waals surface area contributed by atoms with Crippen LogP contribution in [0.4, 0.5) is 15.8 Å². The van der Waals surface area contributed by atoms with Crippen molar-refractivity contribution in [2.75, 3.05) is 29.5 Å². The zero-order chi connectivity index (χ0) is 26.3. The normalized spacial score (nSPS) is 15.6. The van der Waals surface area contributed by atoms with Crippen molar-refractivity contribution >= 4 is 29.1 Å². The molecule has 5 rings (SSSR count). The molecule has 2 aliphatic rings. The van der Waals surface area contributed by atoms with E-state index in [1.54, 1.807) is 22.8 Å². The van der Waals surface area contributed by atoms with Gasteiger partial charge in [-0.25, -0.2) is 9.07 Å². The first kappa shape index (κ1) is 24.5. The molecule has 0 atom stereocenters. The Balaban J connectivity index is 1.53. The molecule has 0 radical (unpaired) electrons. The SMILES string of the molecule is CCOc1ccc(-n2nc(C(N)=O)c3c2C(=O)N(c2ccc(N4CCCCC4=O)c(C)c2)CC3)cc1F. The van der Waals surface area contributed by atoms with Crippen molar-refractivity contribution in [3.63, 3.8) is 0 Å². The van der Waals surface area contributed by atoms with Crippen LogP contribution in [-0.4, -0.2) is 47.2 Å². The quantitative estimate of drug-likeness (QED) is 0.551. The van der Waals surface area contributed by atoms with Crippen molar-refractivity contribution in [3.05, 3.63) is 64.7 Å². The molecule has 1 aromatic heterocycles. The summed E-state index contributed by atoms with van der Waals surface area (Å²) < 4.78 is 21.2. The molecule has 3 amide bonds. The Hall–Kier alpha value is -4.21. The van der Waals surface area contributed by atoms with E-state index < -0.39 is 11.7 Å². The molecule has 2 N–H and O–H groups in total. The molecule has 2 aliphatic heterocycles. The predicted octanol–water partition coefficient (Wildman–Crippen LogP) is 3.54. The molecule has 0 saturated carbocycles. The van der Waals surface area contributed by atoms with Gasteiger partial charge in [-0.15, -0.1) is 0 Å². The van der Waals surface area contributed by atoms with Gasteiger partial charge in [-0.3, -0.25) is 14.4 Å². The second-order valence-corrected chi connectivity index (χ2v) is 9.18. The molecule has 3 heterocycles. The molecule has 1 fully saturated rings. The maximum Gasteiger partial charge on any atom is 0.277 e. The Morgan fingerprint density at radius 1 is 1.05 bits per heavy atom. The fourth-order valence-corrected chi connectivity index (χ4v) is 5.06. The van der Waals surface area contributed by atoms with Gasteiger partial charge in [0.2, 0.25) is 5.91 Å². The number of rotatable bonds is 6.